The topological polar surface area (TPSA) is 76.7 Å². The lowest BCUT2D eigenvalue weighted by Crippen LogP contribution is -2.39. The molecule has 27 heavy (non-hydrogen) atoms. The average molecular weight is 388 g/mol. The first-order chi connectivity index (χ1) is 13.1. The normalized spacial score (nSPS) is 17.1. The molecule has 0 radical (unpaired) electrons. The van der Waals surface area contributed by atoms with Gasteiger partial charge in [0.15, 0.2) is 11.5 Å². The van der Waals surface area contributed by atoms with Crippen molar-refractivity contribution in [1.82, 2.24) is 10.6 Å². The van der Waals surface area contributed by atoms with Crippen LogP contribution in [0.1, 0.15) is 28.4 Å². The molecule has 0 fully saturated rings. The van der Waals surface area contributed by atoms with Gasteiger partial charge in [-0.1, -0.05) is 0 Å². The Morgan fingerprint density at radius 3 is 2.89 bits per heavy atom. The highest BCUT2D eigenvalue weighted by molar-refractivity contribution is 7.99. The highest BCUT2D eigenvalue weighted by Crippen LogP contribution is 2.36. The molecular formula is C19H17FN2O4S. The summed E-state index contributed by atoms with van der Waals surface area (Å²) in [6, 6.07) is 9.19. The number of thioether (sulfide) groups is 1. The van der Waals surface area contributed by atoms with E-state index in [1.807, 2.05) is 0 Å². The van der Waals surface area contributed by atoms with Crippen LogP contribution in [0.15, 0.2) is 41.3 Å². The van der Waals surface area contributed by atoms with Crippen molar-refractivity contribution in [1.29, 1.82) is 0 Å². The molecular weight excluding hydrogens is 371 g/mol. The molecule has 0 aromatic heterocycles. The fourth-order valence-corrected chi connectivity index (χ4v) is 4.17. The second kappa shape index (κ2) is 7.48. The Hall–Kier alpha value is -2.74. The summed E-state index contributed by atoms with van der Waals surface area (Å²) in [6.07, 6.45) is 0.711. The number of carbonyl (C=O) groups is 2. The highest BCUT2D eigenvalue weighted by Gasteiger charge is 2.23. The predicted molar refractivity (Wildman–Crippen MR) is 97.5 cm³/mol. The number of amides is 2. The largest absolute Gasteiger partial charge is 0.454 e. The van der Waals surface area contributed by atoms with Gasteiger partial charge in [-0.2, -0.15) is 0 Å². The van der Waals surface area contributed by atoms with E-state index in [-0.39, 0.29) is 37.0 Å². The molecule has 0 spiro atoms. The molecule has 2 aliphatic heterocycles. The third-order valence-electron chi connectivity index (χ3n) is 4.39. The summed E-state index contributed by atoms with van der Waals surface area (Å²) < 4.78 is 24.0. The smallest absolute Gasteiger partial charge is 0.251 e. The van der Waals surface area contributed by atoms with Crippen LogP contribution in [-0.2, 0) is 4.79 Å². The standard InChI is InChI=1S/C19H17FN2O4S/c20-12-2-4-17-13(8-12)14(5-6-27-17)22-18(23)9-21-19(24)11-1-3-15-16(7-11)26-10-25-15/h1-4,7-8,14H,5-6,9-10H2,(H,21,24)(H,22,23). The molecule has 4 rings (SSSR count). The van der Waals surface area contributed by atoms with Crippen LogP contribution in [0.2, 0.25) is 0 Å². The number of benzene rings is 2. The van der Waals surface area contributed by atoms with E-state index in [1.54, 1.807) is 36.0 Å². The van der Waals surface area contributed by atoms with Crippen molar-refractivity contribution in [3.8, 4) is 11.5 Å². The van der Waals surface area contributed by atoms with Crippen molar-refractivity contribution in [2.75, 3.05) is 19.1 Å². The van der Waals surface area contributed by atoms with Crippen molar-refractivity contribution < 1.29 is 23.5 Å². The fraction of sp³-hybridized carbons (Fsp3) is 0.263. The molecule has 0 aliphatic carbocycles. The van der Waals surface area contributed by atoms with E-state index in [0.717, 1.165) is 16.2 Å². The van der Waals surface area contributed by atoms with Gasteiger partial charge in [-0.25, -0.2) is 4.39 Å². The lowest BCUT2D eigenvalue weighted by molar-refractivity contribution is -0.120. The van der Waals surface area contributed by atoms with Crippen LogP contribution < -0.4 is 20.1 Å². The minimum atomic E-state index is -0.380. The SMILES string of the molecule is O=C(CNC(=O)c1ccc2c(c1)OCO2)NC1CCSc2ccc(F)cc21. The van der Waals surface area contributed by atoms with Crippen molar-refractivity contribution in [2.24, 2.45) is 0 Å². The first-order valence-corrected chi connectivity index (χ1v) is 9.48. The van der Waals surface area contributed by atoms with Crippen molar-refractivity contribution in [2.45, 2.75) is 17.4 Å². The summed E-state index contributed by atoms with van der Waals surface area (Å²) in [7, 11) is 0. The zero-order valence-electron chi connectivity index (χ0n) is 14.3. The zero-order valence-corrected chi connectivity index (χ0v) is 15.1. The zero-order chi connectivity index (χ0) is 18.8. The molecule has 0 bridgehead atoms. The van der Waals surface area contributed by atoms with E-state index in [4.69, 9.17) is 9.47 Å². The van der Waals surface area contributed by atoms with Gasteiger partial charge in [-0.05, 0) is 48.4 Å². The number of fused-ring (bicyclic) bond motifs is 2. The average Bonchev–Trinajstić information content (AvgIpc) is 3.14. The minimum absolute atomic E-state index is 0.130. The molecule has 0 saturated carbocycles. The summed E-state index contributed by atoms with van der Waals surface area (Å²) in [4.78, 5) is 25.5. The number of rotatable bonds is 4. The quantitative estimate of drug-likeness (QED) is 0.842. The number of hydrogen-bond donors (Lipinski definition) is 2. The molecule has 8 heteroatoms. The lowest BCUT2D eigenvalue weighted by Gasteiger charge is -2.26. The first-order valence-electron chi connectivity index (χ1n) is 8.49. The number of carbonyl (C=O) groups excluding carboxylic acids is 2. The minimum Gasteiger partial charge on any atom is -0.454 e. The van der Waals surface area contributed by atoms with Crippen LogP contribution in [-0.4, -0.2) is 30.9 Å². The summed E-state index contributed by atoms with van der Waals surface area (Å²) in [5, 5.41) is 5.46. The van der Waals surface area contributed by atoms with Gasteiger partial charge in [0.25, 0.3) is 5.91 Å². The van der Waals surface area contributed by atoms with Gasteiger partial charge in [0.05, 0.1) is 12.6 Å². The van der Waals surface area contributed by atoms with E-state index in [0.29, 0.717) is 23.5 Å². The number of hydrogen-bond acceptors (Lipinski definition) is 5. The van der Waals surface area contributed by atoms with Gasteiger partial charge < -0.3 is 20.1 Å². The third-order valence-corrected chi connectivity index (χ3v) is 5.51. The third kappa shape index (κ3) is 3.85. The van der Waals surface area contributed by atoms with Crippen LogP contribution in [0.3, 0.4) is 0 Å². The van der Waals surface area contributed by atoms with Crippen LogP contribution in [0.5, 0.6) is 11.5 Å². The van der Waals surface area contributed by atoms with E-state index in [9.17, 15) is 14.0 Å². The molecule has 2 heterocycles. The van der Waals surface area contributed by atoms with E-state index in [1.165, 1.54) is 12.1 Å². The van der Waals surface area contributed by atoms with Crippen molar-refractivity contribution >= 4 is 23.6 Å². The molecule has 2 aliphatic rings. The van der Waals surface area contributed by atoms with Crippen LogP contribution in [0.4, 0.5) is 4.39 Å². The summed E-state index contributed by atoms with van der Waals surface area (Å²) in [5.74, 6) is 0.903. The van der Waals surface area contributed by atoms with Crippen LogP contribution >= 0.6 is 11.8 Å². The Morgan fingerprint density at radius 2 is 2.00 bits per heavy atom. The number of halogens is 1. The molecule has 0 saturated heterocycles. The van der Waals surface area contributed by atoms with E-state index in [2.05, 4.69) is 10.6 Å². The lowest BCUT2D eigenvalue weighted by atomic mass is 10.0. The Bertz CT molecular complexity index is 905. The maximum Gasteiger partial charge on any atom is 0.251 e. The first kappa shape index (κ1) is 17.7. The molecule has 2 amide bonds. The Kier molecular flexibility index (Phi) is 4.89. The summed E-state index contributed by atoms with van der Waals surface area (Å²) in [6.45, 7) is -0.0356. The highest BCUT2D eigenvalue weighted by atomic mass is 32.2. The second-order valence-electron chi connectivity index (χ2n) is 6.19. The van der Waals surface area contributed by atoms with E-state index < -0.39 is 0 Å². The molecule has 2 N–H and O–H groups in total. The van der Waals surface area contributed by atoms with Crippen LogP contribution in [0.25, 0.3) is 0 Å². The fourth-order valence-electron chi connectivity index (χ4n) is 3.06. The second-order valence-corrected chi connectivity index (χ2v) is 7.33. The van der Waals surface area contributed by atoms with Gasteiger partial charge in [0.2, 0.25) is 12.7 Å². The monoisotopic (exact) mass is 388 g/mol. The Balaban J connectivity index is 1.35. The summed E-state index contributed by atoms with van der Waals surface area (Å²) in [5.41, 5.74) is 1.16. The Labute approximate surface area is 159 Å². The number of nitrogens with one attached hydrogen (secondary N) is 2. The van der Waals surface area contributed by atoms with Gasteiger partial charge in [0, 0.05) is 16.2 Å². The molecule has 2 aromatic rings. The number of ether oxygens (including phenoxy) is 2. The van der Waals surface area contributed by atoms with Gasteiger partial charge in [0.1, 0.15) is 5.82 Å². The summed E-state index contributed by atoms with van der Waals surface area (Å²) >= 11 is 1.64. The van der Waals surface area contributed by atoms with Crippen molar-refractivity contribution in [3.63, 3.8) is 0 Å². The molecule has 6 nitrogen and oxygen atoms in total. The van der Waals surface area contributed by atoms with Crippen molar-refractivity contribution in [3.05, 3.63) is 53.3 Å². The maximum absolute atomic E-state index is 13.5. The van der Waals surface area contributed by atoms with Gasteiger partial charge in [-0.15, -0.1) is 11.8 Å². The molecule has 140 valence electrons. The van der Waals surface area contributed by atoms with Gasteiger partial charge >= 0.3 is 0 Å². The van der Waals surface area contributed by atoms with Crippen LogP contribution in [0, 0.1) is 5.82 Å². The molecule has 1 unspecified atom stereocenters. The van der Waals surface area contributed by atoms with E-state index >= 15 is 0 Å². The molecule has 1 atom stereocenters. The van der Waals surface area contributed by atoms with Gasteiger partial charge in [-0.3, -0.25) is 9.59 Å². The predicted octanol–water partition coefficient (Wildman–Crippen LogP) is 2.64. The Morgan fingerprint density at radius 1 is 1.15 bits per heavy atom. The maximum atomic E-state index is 13.5. The molecule has 2 aromatic carbocycles.